The molecule has 102 valence electrons. The molecule has 1 aromatic rings. The van der Waals surface area contributed by atoms with Crippen molar-refractivity contribution < 1.29 is 4.74 Å². The molecular formula is C17H21ClO. The molecule has 1 nitrogen and oxygen atoms in total. The fourth-order valence-electron chi connectivity index (χ4n) is 3.40. The van der Waals surface area contributed by atoms with Crippen LogP contribution in [0.4, 0.5) is 0 Å². The third-order valence-electron chi connectivity index (χ3n) is 4.93. The highest BCUT2D eigenvalue weighted by Crippen LogP contribution is 2.59. The molecular weight excluding hydrogens is 256 g/mol. The summed E-state index contributed by atoms with van der Waals surface area (Å²) in [6, 6.07) is 5.54. The molecule has 0 heterocycles. The van der Waals surface area contributed by atoms with Crippen LogP contribution in [0.3, 0.4) is 0 Å². The summed E-state index contributed by atoms with van der Waals surface area (Å²) in [5, 5.41) is 0.572. The third-order valence-corrected chi connectivity index (χ3v) is 5.25. The molecule has 0 unspecified atom stereocenters. The molecule has 0 aliphatic heterocycles. The maximum atomic E-state index is 6.18. The van der Waals surface area contributed by atoms with Crippen molar-refractivity contribution in [3.8, 4) is 18.1 Å². The maximum absolute atomic E-state index is 6.18. The van der Waals surface area contributed by atoms with Crippen LogP contribution >= 0.6 is 11.6 Å². The van der Waals surface area contributed by atoms with Crippen molar-refractivity contribution in [1.82, 2.24) is 0 Å². The van der Waals surface area contributed by atoms with Crippen LogP contribution in [0.1, 0.15) is 40.2 Å². The lowest BCUT2D eigenvalue weighted by Crippen LogP contribution is -2.64. The molecule has 2 rings (SSSR count). The standard InChI is InChI=1S/C17H21ClO/c1-7-12-8-9-13(10-14(12)18)19-15-16(3,4)11(2)17(15,5)6/h1,8-11,15H,2-6H3. The predicted molar refractivity (Wildman–Crippen MR) is 80.5 cm³/mol. The van der Waals surface area contributed by atoms with E-state index in [1.807, 2.05) is 18.2 Å². The van der Waals surface area contributed by atoms with Crippen molar-refractivity contribution in [2.24, 2.45) is 16.7 Å². The second-order valence-electron chi connectivity index (χ2n) is 6.65. The molecule has 0 saturated heterocycles. The van der Waals surface area contributed by atoms with Gasteiger partial charge in [0.2, 0.25) is 0 Å². The minimum atomic E-state index is 0.167. The van der Waals surface area contributed by atoms with Gasteiger partial charge in [0.25, 0.3) is 0 Å². The van der Waals surface area contributed by atoms with Crippen LogP contribution in [0.25, 0.3) is 0 Å². The van der Waals surface area contributed by atoms with Gasteiger partial charge in [-0.05, 0) is 18.1 Å². The number of hydrogen-bond donors (Lipinski definition) is 0. The van der Waals surface area contributed by atoms with E-state index >= 15 is 0 Å². The first-order valence-corrected chi connectivity index (χ1v) is 7.02. The number of rotatable bonds is 2. The highest BCUT2D eigenvalue weighted by molar-refractivity contribution is 6.31. The summed E-state index contributed by atoms with van der Waals surface area (Å²) in [5.74, 6) is 3.97. The number of benzene rings is 1. The molecule has 0 N–H and O–H groups in total. The first-order chi connectivity index (χ1) is 8.71. The predicted octanol–water partition coefficient (Wildman–Crippen LogP) is 4.77. The molecule has 1 aromatic carbocycles. The van der Waals surface area contributed by atoms with E-state index in [2.05, 4.69) is 40.5 Å². The lowest BCUT2D eigenvalue weighted by molar-refractivity contribution is -0.190. The molecule has 1 aliphatic carbocycles. The van der Waals surface area contributed by atoms with E-state index in [4.69, 9.17) is 22.8 Å². The zero-order chi connectivity index (χ0) is 14.4. The van der Waals surface area contributed by atoms with Crippen molar-refractivity contribution in [1.29, 1.82) is 0 Å². The van der Waals surface area contributed by atoms with Crippen LogP contribution in [0.15, 0.2) is 18.2 Å². The van der Waals surface area contributed by atoms with Gasteiger partial charge in [-0.15, -0.1) is 6.42 Å². The van der Waals surface area contributed by atoms with Crippen molar-refractivity contribution in [3.05, 3.63) is 28.8 Å². The molecule has 1 saturated carbocycles. The van der Waals surface area contributed by atoms with Crippen LogP contribution in [0.2, 0.25) is 5.02 Å². The molecule has 0 amide bonds. The Kier molecular flexibility index (Phi) is 3.35. The summed E-state index contributed by atoms with van der Waals surface area (Å²) in [6.45, 7) is 11.3. The van der Waals surface area contributed by atoms with Crippen LogP contribution in [0.5, 0.6) is 5.75 Å². The fraction of sp³-hybridized carbons (Fsp3) is 0.529. The Morgan fingerprint density at radius 2 is 1.79 bits per heavy atom. The SMILES string of the molecule is C#Cc1ccc(OC2C(C)(C)C(C)C2(C)C)cc1Cl. The van der Waals surface area contributed by atoms with E-state index in [9.17, 15) is 0 Å². The smallest absolute Gasteiger partial charge is 0.121 e. The average molecular weight is 277 g/mol. The minimum absolute atomic E-state index is 0.167. The Labute approximate surface area is 121 Å². The van der Waals surface area contributed by atoms with E-state index in [1.54, 1.807) is 0 Å². The van der Waals surface area contributed by atoms with Gasteiger partial charge in [-0.25, -0.2) is 0 Å². The fourth-order valence-corrected chi connectivity index (χ4v) is 3.63. The third kappa shape index (κ3) is 2.13. The molecule has 0 spiro atoms. The van der Waals surface area contributed by atoms with E-state index in [1.165, 1.54) is 0 Å². The summed E-state index contributed by atoms with van der Waals surface area (Å²) in [6.07, 6.45) is 5.55. The summed E-state index contributed by atoms with van der Waals surface area (Å²) in [5.41, 5.74) is 1.04. The normalized spacial score (nSPS) is 27.2. The Bertz CT molecular complexity index is 521. The van der Waals surface area contributed by atoms with Gasteiger partial charge in [-0.1, -0.05) is 52.1 Å². The zero-order valence-electron chi connectivity index (χ0n) is 12.3. The van der Waals surface area contributed by atoms with Crippen molar-refractivity contribution in [2.45, 2.75) is 40.7 Å². The molecule has 0 aromatic heterocycles. The average Bonchev–Trinajstić information content (AvgIpc) is 2.34. The second-order valence-corrected chi connectivity index (χ2v) is 7.06. The molecule has 0 bridgehead atoms. The first kappa shape index (κ1) is 14.3. The molecule has 1 aliphatic rings. The topological polar surface area (TPSA) is 9.23 Å². The van der Waals surface area contributed by atoms with Crippen molar-refractivity contribution >= 4 is 11.6 Å². The van der Waals surface area contributed by atoms with Gasteiger partial charge in [0.1, 0.15) is 11.9 Å². The summed E-state index contributed by atoms with van der Waals surface area (Å²) in [7, 11) is 0. The van der Waals surface area contributed by atoms with E-state index in [0.29, 0.717) is 16.5 Å². The number of ether oxygens (including phenoxy) is 1. The van der Waals surface area contributed by atoms with Crippen LogP contribution in [-0.2, 0) is 0 Å². The summed E-state index contributed by atoms with van der Waals surface area (Å²) >= 11 is 6.12. The molecule has 0 atom stereocenters. The number of halogens is 1. The van der Waals surface area contributed by atoms with Crippen LogP contribution < -0.4 is 4.74 Å². The number of hydrogen-bond acceptors (Lipinski definition) is 1. The Hall–Kier alpha value is -1.13. The number of terminal acetylenes is 1. The van der Waals surface area contributed by atoms with Gasteiger partial charge in [0.05, 0.1) is 5.02 Å². The molecule has 2 heteroatoms. The van der Waals surface area contributed by atoms with Crippen LogP contribution in [-0.4, -0.2) is 6.10 Å². The second kappa shape index (κ2) is 4.46. The minimum Gasteiger partial charge on any atom is -0.489 e. The summed E-state index contributed by atoms with van der Waals surface area (Å²) < 4.78 is 6.18. The van der Waals surface area contributed by atoms with Gasteiger partial charge in [0, 0.05) is 22.5 Å². The van der Waals surface area contributed by atoms with Gasteiger partial charge in [0.15, 0.2) is 0 Å². The Balaban J connectivity index is 2.23. The van der Waals surface area contributed by atoms with Gasteiger partial charge in [-0.3, -0.25) is 0 Å². The molecule has 19 heavy (non-hydrogen) atoms. The summed E-state index contributed by atoms with van der Waals surface area (Å²) in [4.78, 5) is 0. The quantitative estimate of drug-likeness (QED) is 0.707. The highest BCUT2D eigenvalue weighted by Gasteiger charge is 2.61. The maximum Gasteiger partial charge on any atom is 0.121 e. The highest BCUT2D eigenvalue weighted by atomic mass is 35.5. The Morgan fingerprint density at radius 1 is 1.21 bits per heavy atom. The van der Waals surface area contributed by atoms with Crippen LogP contribution in [0, 0.1) is 29.1 Å². The van der Waals surface area contributed by atoms with Gasteiger partial charge < -0.3 is 4.74 Å². The molecule has 1 fully saturated rings. The lowest BCUT2D eigenvalue weighted by atomic mass is 9.46. The lowest BCUT2D eigenvalue weighted by Gasteiger charge is -2.62. The van der Waals surface area contributed by atoms with E-state index < -0.39 is 0 Å². The van der Waals surface area contributed by atoms with Gasteiger partial charge in [-0.2, -0.15) is 0 Å². The zero-order valence-corrected chi connectivity index (χ0v) is 13.0. The molecule has 0 radical (unpaired) electrons. The van der Waals surface area contributed by atoms with Crippen molar-refractivity contribution in [2.75, 3.05) is 0 Å². The van der Waals surface area contributed by atoms with E-state index in [0.717, 1.165) is 5.75 Å². The monoisotopic (exact) mass is 276 g/mol. The van der Waals surface area contributed by atoms with E-state index in [-0.39, 0.29) is 16.9 Å². The van der Waals surface area contributed by atoms with Crippen molar-refractivity contribution in [3.63, 3.8) is 0 Å². The Morgan fingerprint density at radius 3 is 2.26 bits per heavy atom. The van der Waals surface area contributed by atoms with Gasteiger partial charge >= 0.3 is 0 Å². The first-order valence-electron chi connectivity index (χ1n) is 6.64. The largest absolute Gasteiger partial charge is 0.489 e.